The molecule has 1 heterocycles. The molecule has 1 atom stereocenters. The molecule has 94 valence electrons. The van der Waals surface area contributed by atoms with E-state index in [1.54, 1.807) is 0 Å². The van der Waals surface area contributed by atoms with E-state index >= 15 is 0 Å². The number of cyclic esters (lactones) is 1. The van der Waals surface area contributed by atoms with Crippen LogP contribution in [-0.2, 0) is 4.74 Å². The van der Waals surface area contributed by atoms with Gasteiger partial charge in [0, 0.05) is 12.0 Å². The molecular weight excluding hydrogens is 242 g/mol. The Morgan fingerprint density at radius 3 is 2.94 bits per heavy atom. The van der Waals surface area contributed by atoms with Gasteiger partial charge in [-0.1, -0.05) is 18.2 Å². The second-order valence-electron chi connectivity index (χ2n) is 3.59. The number of hydrogen-bond acceptors (Lipinski definition) is 3. The van der Waals surface area contributed by atoms with Crippen molar-refractivity contribution in [2.75, 3.05) is 13.2 Å². The summed E-state index contributed by atoms with van der Waals surface area (Å²) in [5.74, 6) is 0.831. The van der Waals surface area contributed by atoms with E-state index in [0.717, 1.165) is 17.7 Å². The van der Waals surface area contributed by atoms with Crippen LogP contribution >= 0.6 is 12.4 Å². The first-order valence-corrected chi connectivity index (χ1v) is 5.46. The number of para-hydroxylation sites is 1. The summed E-state index contributed by atoms with van der Waals surface area (Å²) >= 11 is 0. The summed E-state index contributed by atoms with van der Waals surface area (Å²) in [6.45, 7) is 3.02. The zero-order chi connectivity index (χ0) is 11.4. The van der Waals surface area contributed by atoms with Gasteiger partial charge in [0.25, 0.3) is 0 Å². The Balaban J connectivity index is 0.00000144. The van der Waals surface area contributed by atoms with Crippen LogP contribution in [0.25, 0.3) is 0 Å². The van der Waals surface area contributed by atoms with Gasteiger partial charge in [-0.3, -0.25) is 0 Å². The Morgan fingerprint density at radius 1 is 1.47 bits per heavy atom. The molecular formula is C12H16ClNO3. The second kappa shape index (κ2) is 6.35. The summed E-state index contributed by atoms with van der Waals surface area (Å²) in [5, 5.41) is 2.79. The highest BCUT2D eigenvalue weighted by atomic mass is 35.5. The molecule has 1 fully saturated rings. The molecule has 0 aromatic heterocycles. The van der Waals surface area contributed by atoms with E-state index in [4.69, 9.17) is 9.47 Å². The minimum absolute atomic E-state index is 0. The van der Waals surface area contributed by atoms with Crippen LogP contribution in [0.2, 0.25) is 0 Å². The summed E-state index contributed by atoms with van der Waals surface area (Å²) in [6.07, 6.45) is 0.415. The minimum Gasteiger partial charge on any atom is -0.494 e. The third-order valence-corrected chi connectivity index (χ3v) is 2.53. The standard InChI is InChI=1S/C12H15NO3.ClH/c1-2-15-11-6-4-3-5-9(11)10-7-8-16-12(14)13-10;/h3-6,10H,2,7-8H2,1H3,(H,13,14);1H/t10-;/m0./s1. The van der Waals surface area contributed by atoms with Gasteiger partial charge in [-0.15, -0.1) is 12.4 Å². The normalized spacial score (nSPS) is 18.6. The fraction of sp³-hybridized carbons (Fsp3) is 0.417. The van der Waals surface area contributed by atoms with Crippen molar-refractivity contribution in [2.24, 2.45) is 0 Å². The van der Waals surface area contributed by atoms with Crippen LogP contribution in [0, 0.1) is 0 Å². The zero-order valence-corrected chi connectivity index (χ0v) is 10.5. The minimum atomic E-state index is -0.359. The first-order chi connectivity index (χ1) is 7.81. The number of alkyl carbamates (subject to hydrolysis) is 1. The van der Waals surface area contributed by atoms with E-state index in [9.17, 15) is 4.79 Å². The van der Waals surface area contributed by atoms with Crippen molar-refractivity contribution in [3.8, 4) is 5.75 Å². The largest absolute Gasteiger partial charge is 0.494 e. The second-order valence-corrected chi connectivity index (χ2v) is 3.59. The average molecular weight is 258 g/mol. The van der Waals surface area contributed by atoms with Gasteiger partial charge in [-0.05, 0) is 13.0 Å². The van der Waals surface area contributed by atoms with Crippen LogP contribution in [0.4, 0.5) is 4.79 Å². The first kappa shape index (κ1) is 13.6. The van der Waals surface area contributed by atoms with E-state index in [-0.39, 0.29) is 24.5 Å². The average Bonchev–Trinajstić information content (AvgIpc) is 2.30. The molecule has 0 unspecified atom stereocenters. The Kier molecular flexibility index (Phi) is 5.10. The van der Waals surface area contributed by atoms with Crippen molar-refractivity contribution < 1.29 is 14.3 Å². The van der Waals surface area contributed by atoms with Gasteiger partial charge in [0.05, 0.1) is 19.3 Å². The van der Waals surface area contributed by atoms with Crippen LogP contribution in [0.15, 0.2) is 24.3 Å². The molecule has 1 aliphatic heterocycles. The summed E-state index contributed by atoms with van der Waals surface area (Å²) in [7, 11) is 0. The van der Waals surface area contributed by atoms with Gasteiger partial charge in [-0.2, -0.15) is 0 Å². The topological polar surface area (TPSA) is 47.6 Å². The van der Waals surface area contributed by atoms with Crippen molar-refractivity contribution in [3.05, 3.63) is 29.8 Å². The number of halogens is 1. The summed E-state index contributed by atoms with van der Waals surface area (Å²) < 4.78 is 10.4. The molecule has 17 heavy (non-hydrogen) atoms. The molecule has 0 radical (unpaired) electrons. The molecule has 0 bridgehead atoms. The van der Waals surface area contributed by atoms with Gasteiger partial charge in [0.1, 0.15) is 5.75 Å². The Bertz CT molecular complexity index is 384. The SMILES string of the molecule is CCOc1ccccc1[C@@H]1CCOC(=O)N1.Cl. The number of nitrogens with one attached hydrogen (secondary N) is 1. The van der Waals surface area contributed by atoms with Gasteiger partial charge >= 0.3 is 6.09 Å². The third kappa shape index (κ3) is 3.27. The highest BCUT2D eigenvalue weighted by Crippen LogP contribution is 2.28. The summed E-state index contributed by atoms with van der Waals surface area (Å²) in [6, 6.07) is 7.75. The van der Waals surface area contributed by atoms with E-state index < -0.39 is 0 Å². The molecule has 1 saturated heterocycles. The molecule has 1 aromatic rings. The molecule has 4 nitrogen and oxygen atoms in total. The maximum atomic E-state index is 11.1. The zero-order valence-electron chi connectivity index (χ0n) is 9.64. The smallest absolute Gasteiger partial charge is 0.407 e. The van der Waals surface area contributed by atoms with Crippen LogP contribution < -0.4 is 10.1 Å². The lowest BCUT2D eigenvalue weighted by molar-refractivity contribution is 0.115. The fourth-order valence-electron chi connectivity index (χ4n) is 1.81. The van der Waals surface area contributed by atoms with Crippen molar-refractivity contribution >= 4 is 18.5 Å². The van der Waals surface area contributed by atoms with Crippen molar-refractivity contribution in [3.63, 3.8) is 0 Å². The molecule has 5 heteroatoms. The van der Waals surface area contributed by atoms with Gasteiger partial charge in [0.2, 0.25) is 0 Å². The van der Waals surface area contributed by atoms with Crippen LogP contribution in [0.5, 0.6) is 5.75 Å². The summed E-state index contributed by atoms with van der Waals surface area (Å²) in [4.78, 5) is 11.1. The Labute approximate surface area is 107 Å². The van der Waals surface area contributed by atoms with Crippen molar-refractivity contribution in [1.29, 1.82) is 0 Å². The van der Waals surface area contributed by atoms with Crippen molar-refractivity contribution in [1.82, 2.24) is 5.32 Å². The molecule has 1 aromatic carbocycles. The van der Waals surface area contributed by atoms with Gasteiger partial charge in [-0.25, -0.2) is 4.79 Å². The number of benzene rings is 1. The highest BCUT2D eigenvalue weighted by Gasteiger charge is 2.23. The quantitative estimate of drug-likeness (QED) is 0.906. The molecule has 0 aliphatic carbocycles. The molecule has 1 N–H and O–H groups in total. The fourth-order valence-corrected chi connectivity index (χ4v) is 1.81. The number of ether oxygens (including phenoxy) is 2. The van der Waals surface area contributed by atoms with E-state index in [1.165, 1.54) is 0 Å². The molecule has 2 rings (SSSR count). The highest BCUT2D eigenvalue weighted by molar-refractivity contribution is 5.85. The lowest BCUT2D eigenvalue weighted by Crippen LogP contribution is -2.35. The molecule has 0 saturated carbocycles. The monoisotopic (exact) mass is 257 g/mol. The number of rotatable bonds is 3. The predicted octanol–water partition coefficient (Wildman–Crippen LogP) is 2.68. The number of carbonyl (C=O) groups excluding carboxylic acids is 1. The van der Waals surface area contributed by atoms with Gasteiger partial charge in [0.15, 0.2) is 0 Å². The maximum Gasteiger partial charge on any atom is 0.407 e. The van der Waals surface area contributed by atoms with Crippen LogP contribution in [0.1, 0.15) is 24.9 Å². The maximum absolute atomic E-state index is 11.1. The van der Waals surface area contributed by atoms with Gasteiger partial charge < -0.3 is 14.8 Å². The predicted molar refractivity (Wildman–Crippen MR) is 66.7 cm³/mol. The summed E-state index contributed by atoms with van der Waals surface area (Å²) in [5.41, 5.74) is 1.01. The first-order valence-electron chi connectivity index (χ1n) is 5.46. The van der Waals surface area contributed by atoms with E-state index in [1.807, 2.05) is 31.2 Å². The lowest BCUT2D eigenvalue weighted by Gasteiger charge is -2.25. The molecule has 1 aliphatic rings. The van der Waals surface area contributed by atoms with Crippen LogP contribution in [0.3, 0.4) is 0 Å². The number of hydrogen-bond donors (Lipinski definition) is 1. The molecule has 0 spiro atoms. The number of carbonyl (C=O) groups is 1. The Hall–Kier alpha value is -1.42. The van der Waals surface area contributed by atoms with E-state index in [2.05, 4.69) is 5.32 Å². The lowest BCUT2D eigenvalue weighted by atomic mass is 10.0. The van der Waals surface area contributed by atoms with Crippen LogP contribution in [-0.4, -0.2) is 19.3 Å². The third-order valence-electron chi connectivity index (χ3n) is 2.53. The number of amides is 1. The van der Waals surface area contributed by atoms with Crippen molar-refractivity contribution in [2.45, 2.75) is 19.4 Å². The Morgan fingerprint density at radius 2 is 2.24 bits per heavy atom. The molecule has 1 amide bonds. The van der Waals surface area contributed by atoms with E-state index in [0.29, 0.717) is 13.2 Å².